The Morgan fingerprint density at radius 3 is 2.88 bits per heavy atom. The molecule has 1 amide bonds. The monoisotopic (exact) mass is 232 g/mol. The first-order valence-corrected chi connectivity index (χ1v) is 5.28. The van der Waals surface area contributed by atoms with Gasteiger partial charge in [-0.2, -0.15) is 5.26 Å². The fourth-order valence-electron chi connectivity index (χ4n) is 1.56. The summed E-state index contributed by atoms with van der Waals surface area (Å²) in [6, 6.07) is 5.49. The molecule has 1 aromatic carbocycles. The van der Waals surface area contributed by atoms with Crippen molar-refractivity contribution in [3.63, 3.8) is 0 Å². The van der Waals surface area contributed by atoms with Crippen LogP contribution in [0, 0.1) is 18.3 Å². The number of rotatable bonds is 3. The van der Waals surface area contributed by atoms with Crippen molar-refractivity contribution >= 4 is 11.6 Å². The van der Waals surface area contributed by atoms with Gasteiger partial charge in [0.05, 0.1) is 6.07 Å². The number of fused-ring (bicyclic) bond motifs is 1. The number of carbonyl (C=O) groups is 1. The smallest absolute Gasteiger partial charge is 0.231 e. The molecule has 0 aromatic heterocycles. The van der Waals surface area contributed by atoms with Gasteiger partial charge in [-0.1, -0.05) is 0 Å². The van der Waals surface area contributed by atoms with E-state index in [9.17, 15) is 4.79 Å². The van der Waals surface area contributed by atoms with Gasteiger partial charge in [0, 0.05) is 24.6 Å². The van der Waals surface area contributed by atoms with Crippen molar-refractivity contribution in [2.24, 2.45) is 0 Å². The summed E-state index contributed by atoms with van der Waals surface area (Å²) >= 11 is 0. The second-order valence-electron chi connectivity index (χ2n) is 3.73. The highest BCUT2D eigenvalue weighted by atomic mass is 16.7. The molecule has 5 heteroatoms. The lowest BCUT2D eigenvalue weighted by molar-refractivity contribution is -0.116. The lowest BCUT2D eigenvalue weighted by Gasteiger charge is -2.08. The van der Waals surface area contributed by atoms with Crippen LogP contribution < -0.4 is 14.8 Å². The van der Waals surface area contributed by atoms with E-state index >= 15 is 0 Å². The van der Waals surface area contributed by atoms with Crippen LogP contribution >= 0.6 is 0 Å². The van der Waals surface area contributed by atoms with Crippen LogP contribution in [0.5, 0.6) is 11.5 Å². The summed E-state index contributed by atoms with van der Waals surface area (Å²) in [4.78, 5) is 11.5. The highest BCUT2D eigenvalue weighted by Crippen LogP contribution is 2.36. The molecule has 5 nitrogen and oxygen atoms in total. The molecule has 1 heterocycles. The van der Waals surface area contributed by atoms with E-state index in [0.717, 1.165) is 5.56 Å². The van der Waals surface area contributed by atoms with E-state index in [1.165, 1.54) is 0 Å². The van der Waals surface area contributed by atoms with Crippen molar-refractivity contribution in [3.05, 3.63) is 17.7 Å². The molecule has 0 bridgehead atoms. The van der Waals surface area contributed by atoms with Crippen LogP contribution in [0.25, 0.3) is 0 Å². The number of hydrogen-bond acceptors (Lipinski definition) is 4. The van der Waals surface area contributed by atoms with E-state index in [2.05, 4.69) is 5.32 Å². The topological polar surface area (TPSA) is 71.4 Å². The second kappa shape index (κ2) is 4.74. The van der Waals surface area contributed by atoms with Crippen LogP contribution in [0.1, 0.15) is 18.4 Å². The molecule has 0 fully saturated rings. The van der Waals surface area contributed by atoms with Crippen molar-refractivity contribution in [1.82, 2.24) is 0 Å². The minimum atomic E-state index is -0.173. The first-order chi connectivity index (χ1) is 8.20. The Bertz CT molecular complexity index is 491. The molecule has 17 heavy (non-hydrogen) atoms. The predicted molar refractivity (Wildman–Crippen MR) is 60.8 cm³/mol. The Morgan fingerprint density at radius 1 is 1.47 bits per heavy atom. The SMILES string of the molecule is Cc1cc2c(cc1NC(=O)CCC#N)OCO2. The number of benzene rings is 1. The summed E-state index contributed by atoms with van der Waals surface area (Å²) in [5.41, 5.74) is 1.59. The highest BCUT2D eigenvalue weighted by molar-refractivity contribution is 5.92. The van der Waals surface area contributed by atoms with Gasteiger partial charge in [-0.25, -0.2) is 0 Å². The molecule has 0 saturated carbocycles. The van der Waals surface area contributed by atoms with Gasteiger partial charge in [0.25, 0.3) is 0 Å². The summed E-state index contributed by atoms with van der Waals surface area (Å²) in [6.45, 7) is 2.09. The number of nitrogens with zero attached hydrogens (tertiary/aromatic N) is 1. The molecule has 1 aliphatic heterocycles. The number of nitrogens with one attached hydrogen (secondary N) is 1. The Morgan fingerprint density at radius 2 is 2.18 bits per heavy atom. The van der Waals surface area contributed by atoms with Gasteiger partial charge in [-0.05, 0) is 18.6 Å². The minimum Gasteiger partial charge on any atom is -0.454 e. The Balaban J connectivity index is 2.11. The van der Waals surface area contributed by atoms with Gasteiger partial charge in [0.1, 0.15) is 0 Å². The van der Waals surface area contributed by atoms with Gasteiger partial charge in [-0.15, -0.1) is 0 Å². The number of amides is 1. The predicted octanol–water partition coefficient (Wildman–Crippen LogP) is 1.97. The zero-order valence-electron chi connectivity index (χ0n) is 9.45. The molecule has 1 N–H and O–H groups in total. The second-order valence-corrected chi connectivity index (χ2v) is 3.73. The minimum absolute atomic E-state index is 0.173. The third-order valence-corrected chi connectivity index (χ3v) is 2.46. The summed E-state index contributed by atoms with van der Waals surface area (Å²) in [6.07, 6.45) is 0.416. The van der Waals surface area contributed by atoms with Crippen molar-refractivity contribution in [1.29, 1.82) is 5.26 Å². The van der Waals surface area contributed by atoms with Crippen LogP contribution in [-0.4, -0.2) is 12.7 Å². The molecule has 1 aliphatic rings. The standard InChI is InChI=1S/C12H12N2O3/c1-8-5-10-11(17-7-16-10)6-9(8)14-12(15)3-2-4-13/h5-6H,2-3,7H2,1H3,(H,14,15). The van der Waals surface area contributed by atoms with Crippen molar-refractivity contribution in [3.8, 4) is 17.6 Å². The molecule has 1 aromatic rings. The summed E-state index contributed by atoms with van der Waals surface area (Å²) in [7, 11) is 0. The van der Waals surface area contributed by atoms with Crippen LogP contribution in [0.3, 0.4) is 0 Å². The fourth-order valence-corrected chi connectivity index (χ4v) is 1.56. The maximum absolute atomic E-state index is 11.5. The highest BCUT2D eigenvalue weighted by Gasteiger charge is 2.16. The zero-order chi connectivity index (χ0) is 12.3. The van der Waals surface area contributed by atoms with Crippen molar-refractivity contribution in [2.45, 2.75) is 19.8 Å². The normalized spacial score (nSPS) is 12.0. The Kier molecular flexibility index (Phi) is 3.15. The third kappa shape index (κ3) is 2.48. The molecule has 0 atom stereocenters. The van der Waals surface area contributed by atoms with E-state index in [1.807, 2.05) is 19.1 Å². The number of hydrogen-bond donors (Lipinski definition) is 1. The summed E-state index contributed by atoms with van der Waals surface area (Å²) in [5.74, 6) is 1.15. The van der Waals surface area contributed by atoms with Crippen LogP contribution in [0.4, 0.5) is 5.69 Å². The number of aryl methyl sites for hydroxylation is 1. The number of nitriles is 1. The third-order valence-electron chi connectivity index (χ3n) is 2.46. The van der Waals surface area contributed by atoms with E-state index in [0.29, 0.717) is 17.2 Å². The molecule has 0 radical (unpaired) electrons. The van der Waals surface area contributed by atoms with Crippen LogP contribution in [-0.2, 0) is 4.79 Å². The number of carbonyl (C=O) groups excluding carboxylic acids is 1. The number of anilines is 1. The van der Waals surface area contributed by atoms with Gasteiger partial charge < -0.3 is 14.8 Å². The molecule has 0 aliphatic carbocycles. The van der Waals surface area contributed by atoms with Gasteiger partial charge >= 0.3 is 0 Å². The summed E-state index contributed by atoms with van der Waals surface area (Å²) < 4.78 is 10.5. The fraction of sp³-hybridized carbons (Fsp3) is 0.333. The largest absolute Gasteiger partial charge is 0.454 e. The van der Waals surface area contributed by atoms with E-state index in [4.69, 9.17) is 14.7 Å². The molecular weight excluding hydrogens is 220 g/mol. The van der Waals surface area contributed by atoms with Crippen molar-refractivity contribution < 1.29 is 14.3 Å². The molecule has 0 spiro atoms. The molecule has 0 saturated heterocycles. The quantitative estimate of drug-likeness (QED) is 0.864. The number of ether oxygens (including phenoxy) is 2. The lowest BCUT2D eigenvalue weighted by Crippen LogP contribution is -2.11. The van der Waals surface area contributed by atoms with Gasteiger partial charge in [0.2, 0.25) is 12.7 Å². The van der Waals surface area contributed by atoms with Crippen LogP contribution in [0.15, 0.2) is 12.1 Å². The van der Waals surface area contributed by atoms with Gasteiger partial charge in [0.15, 0.2) is 11.5 Å². The Labute approximate surface area is 98.9 Å². The molecule has 88 valence electrons. The van der Waals surface area contributed by atoms with E-state index < -0.39 is 0 Å². The first-order valence-electron chi connectivity index (χ1n) is 5.28. The Hall–Kier alpha value is -2.22. The van der Waals surface area contributed by atoms with Crippen LogP contribution in [0.2, 0.25) is 0 Å². The average Bonchev–Trinajstić information content (AvgIpc) is 2.74. The first kappa shape index (κ1) is 11.3. The van der Waals surface area contributed by atoms with E-state index in [1.54, 1.807) is 6.07 Å². The molecule has 0 unspecified atom stereocenters. The maximum Gasteiger partial charge on any atom is 0.231 e. The molecule has 2 rings (SSSR count). The summed E-state index contributed by atoms with van der Waals surface area (Å²) in [5, 5.41) is 11.1. The zero-order valence-corrected chi connectivity index (χ0v) is 9.45. The van der Waals surface area contributed by atoms with Gasteiger partial charge in [-0.3, -0.25) is 4.79 Å². The average molecular weight is 232 g/mol. The van der Waals surface area contributed by atoms with E-state index in [-0.39, 0.29) is 25.5 Å². The molecular formula is C12H12N2O3. The van der Waals surface area contributed by atoms with Crippen molar-refractivity contribution in [2.75, 3.05) is 12.1 Å². The maximum atomic E-state index is 11.5. The lowest BCUT2D eigenvalue weighted by atomic mass is 10.1.